The fourth-order valence-corrected chi connectivity index (χ4v) is 2.14. The minimum Gasteiger partial charge on any atom is -0.386 e. The Morgan fingerprint density at radius 2 is 2.06 bits per heavy atom. The second kappa shape index (κ2) is 4.90. The molecule has 2 aromatic rings. The van der Waals surface area contributed by atoms with Crippen LogP contribution in [-0.4, -0.2) is 14.9 Å². The van der Waals surface area contributed by atoms with Gasteiger partial charge in [-0.15, -0.1) is 0 Å². The SMILES string of the molecule is Cc1cc(C(O)Cc2ccc(F)cc2C)n(C)n1. The number of benzene rings is 1. The fourth-order valence-electron chi connectivity index (χ4n) is 2.14. The van der Waals surface area contributed by atoms with E-state index in [1.165, 1.54) is 12.1 Å². The highest BCUT2D eigenvalue weighted by Crippen LogP contribution is 2.21. The third-order valence-corrected chi connectivity index (χ3v) is 3.10. The quantitative estimate of drug-likeness (QED) is 0.906. The Balaban J connectivity index is 2.21. The predicted octanol–water partition coefficient (Wildman–Crippen LogP) is 2.45. The average Bonchev–Trinajstić information content (AvgIpc) is 2.62. The first-order valence-corrected chi connectivity index (χ1v) is 5.91. The summed E-state index contributed by atoms with van der Waals surface area (Å²) >= 11 is 0. The molecule has 2 rings (SSSR count). The highest BCUT2D eigenvalue weighted by molar-refractivity contribution is 5.28. The normalized spacial score (nSPS) is 12.7. The number of halogens is 1. The van der Waals surface area contributed by atoms with Crippen LogP contribution in [0.3, 0.4) is 0 Å². The molecule has 0 radical (unpaired) electrons. The molecule has 3 nitrogen and oxygen atoms in total. The largest absolute Gasteiger partial charge is 0.386 e. The maximum absolute atomic E-state index is 13.0. The van der Waals surface area contributed by atoms with Crippen molar-refractivity contribution in [3.05, 3.63) is 52.6 Å². The Hall–Kier alpha value is -1.68. The Kier molecular flexibility index (Phi) is 3.48. The van der Waals surface area contributed by atoms with Crippen molar-refractivity contribution >= 4 is 0 Å². The molecule has 0 spiro atoms. The summed E-state index contributed by atoms with van der Waals surface area (Å²) in [4.78, 5) is 0. The van der Waals surface area contributed by atoms with Crippen molar-refractivity contribution in [2.75, 3.05) is 0 Å². The molecule has 0 bridgehead atoms. The molecule has 1 aromatic heterocycles. The van der Waals surface area contributed by atoms with Crippen molar-refractivity contribution in [2.45, 2.75) is 26.4 Å². The van der Waals surface area contributed by atoms with Gasteiger partial charge in [0.15, 0.2) is 0 Å². The van der Waals surface area contributed by atoms with Crippen molar-refractivity contribution in [1.29, 1.82) is 0 Å². The van der Waals surface area contributed by atoms with Crippen molar-refractivity contribution in [3.63, 3.8) is 0 Å². The van der Waals surface area contributed by atoms with E-state index in [4.69, 9.17) is 0 Å². The first-order chi connectivity index (χ1) is 8.47. The molecule has 0 saturated heterocycles. The van der Waals surface area contributed by atoms with Crippen molar-refractivity contribution < 1.29 is 9.50 Å². The summed E-state index contributed by atoms with van der Waals surface area (Å²) in [5, 5.41) is 14.4. The van der Waals surface area contributed by atoms with E-state index in [0.717, 1.165) is 22.5 Å². The highest BCUT2D eigenvalue weighted by Gasteiger charge is 2.14. The number of aliphatic hydroxyl groups is 1. The molecule has 0 aliphatic carbocycles. The van der Waals surface area contributed by atoms with Gasteiger partial charge in [0.1, 0.15) is 5.82 Å². The van der Waals surface area contributed by atoms with Gasteiger partial charge in [0.25, 0.3) is 0 Å². The number of nitrogens with zero attached hydrogens (tertiary/aromatic N) is 2. The van der Waals surface area contributed by atoms with E-state index in [2.05, 4.69) is 5.10 Å². The van der Waals surface area contributed by atoms with Crippen LogP contribution < -0.4 is 0 Å². The number of hydrogen-bond acceptors (Lipinski definition) is 2. The van der Waals surface area contributed by atoms with Gasteiger partial charge in [-0.25, -0.2) is 4.39 Å². The number of aryl methyl sites for hydroxylation is 3. The number of aromatic nitrogens is 2. The van der Waals surface area contributed by atoms with Gasteiger partial charge in [0.05, 0.1) is 17.5 Å². The first kappa shape index (κ1) is 12.8. The van der Waals surface area contributed by atoms with Crippen molar-refractivity contribution in [1.82, 2.24) is 9.78 Å². The number of rotatable bonds is 3. The topological polar surface area (TPSA) is 38.0 Å². The van der Waals surface area contributed by atoms with Crippen LogP contribution in [0.5, 0.6) is 0 Å². The molecule has 0 aliphatic heterocycles. The van der Waals surface area contributed by atoms with E-state index < -0.39 is 6.10 Å². The molecule has 4 heteroatoms. The third-order valence-electron chi connectivity index (χ3n) is 3.10. The third kappa shape index (κ3) is 2.59. The summed E-state index contributed by atoms with van der Waals surface area (Å²) in [5.74, 6) is -0.248. The zero-order chi connectivity index (χ0) is 13.3. The van der Waals surface area contributed by atoms with Crippen LogP contribution >= 0.6 is 0 Å². The smallest absolute Gasteiger partial charge is 0.123 e. The summed E-state index contributed by atoms with van der Waals surface area (Å²) in [6.45, 7) is 3.74. The van der Waals surface area contributed by atoms with Crippen LogP contribution in [0, 0.1) is 19.7 Å². The summed E-state index contributed by atoms with van der Waals surface area (Å²) in [5.41, 5.74) is 3.45. The lowest BCUT2D eigenvalue weighted by atomic mass is 10.0. The van der Waals surface area contributed by atoms with E-state index in [1.54, 1.807) is 10.7 Å². The molecule has 18 heavy (non-hydrogen) atoms. The molecular weight excluding hydrogens is 231 g/mol. The lowest BCUT2D eigenvalue weighted by Gasteiger charge is -2.12. The lowest BCUT2D eigenvalue weighted by Crippen LogP contribution is -2.08. The van der Waals surface area contributed by atoms with Gasteiger partial charge in [0.2, 0.25) is 0 Å². The summed E-state index contributed by atoms with van der Waals surface area (Å²) in [6.07, 6.45) is -0.161. The number of aliphatic hydroxyl groups excluding tert-OH is 1. The van der Waals surface area contributed by atoms with Gasteiger partial charge in [-0.2, -0.15) is 5.10 Å². The summed E-state index contributed by atoms with van der Waals surface area (Å²) in [6, 6.07) is 6.49. The monoisotopic (exact) mass is 248 g/mol. The highest BCUT2D eigenvalue weighted by atomic mass is 19.1. The molecule has 1 atom stereocenters. The zero-order valence-electron chi connectivity index (χ0n) is 10.8. The molecule has 0 amide bonds. The lowest BCUT2D eigenvalue weighted by molar-refractivity contribution is 0.168. The standard InChI is InChI=1S/C14H17FN2O/c1-9-6-12(15)5-4-11(9)8-14(18)13-7-10(2)16-17(13)3/h4-7,14,18H,8H2,1-3H3. The van der Waals surface area contributed by atoms with Gasteiger partial charge in [0, 0.05) is 13.5 Å². The molecule has 96 valence electrons. The summed E-state index contributed by atoms with van der Waals surface area (Å²) < 4.78 is 14.7. The minimum absolute atomic E-state index is 0.248. The van der Waals surface area contributed by atoms with E-state index >= 15 is 0 Å². The Bertz CT molecular complexity index is 563. The number of hydrogen-bond donors (Lipinski definition) is 1. The predicted molar refractivity (Wildman–Crippen MR) is 67.7 cm³/mol. The summed E-state index contributed by atoms with van der Waals surface area (Å²) in [7, 11) is 1.81. The second-order valence-corrected chi connectivity index (χ2v) is 4.62. The van der Waals surface area contributed by atoms with E-state index in [-0.39, 0.29) is 5.82 Å². The van der Waals surface area contributed by atoms with Crippen LogP contribution in [0.25, 0.3) is 0 Å². The molecule has 0 saturated carbocycles. The molecule has 1 unspecified atom stereocenters. The van der Waals surface area contributed by atoms with Crippen LogP contribution in [0.15, 0.2) is 24.3 Å². The molecule has 1 N–H and O–H groups in total. The van der Waals surface area contributed by atoms with Crippen molar-refractivity contribution in [2.24, 2.45) is 7.05 Å². The van der Waals surface area contributed by atoms with Gasteiger partial charge in [-0.1, -0.05) is 6.07 Å². The maximum atomic E-state index is 13.0. The minimum atomic E-state index is -0.625. The van der Waals surface area contributed by atoms with E-state index in [9.17, 15) is 9.50 Å². The second-order valence-electron chi connectivity index (χ2n) is 4.62. The average molecular weight is 248 g/mol. The van der Waals surface area contributed by atoms with Crippen LogP contribution in [-0.2, 0) is 13.5 Å². The fraction of sp³-hybridized carbons (Fsp3) is 0.357. The van der Waals surface area contributed by atoms with Gasteiger partial charge in [-0.05, 0) is 43.2 Å². The first-order valence-electron chi connectivity index (χ1n) is 5.91. The van der Waals surface area contributed by atoms with Gasteiger partial charge >= 0.3 is 0 Å². The molecule has 1 heterocycles. The van der Waals surface area contributed by atoms with Gasteiger partial charge < -0.3 is 5.11 Å². The Labute approximate surface area is 106 Å². The molecule has 0 fully saturated rings. The van der Waals surface area contributed by atoms with Gasteiger partial charge in [-0.3, -0.25) is 4.68 Å². The van der Waals surface area contributed by atoms with E-state index in [1.807, 2.05) is 27.0 Å². The maximum Gasteiger partial charge on any atom is 0.123 e. The Morgan fingerprint density at radius 3 is 2.61 bits per heavy atom. The van der Waals surface area contributed by atoms with Crippen LogP contribution in [0.1, 0.15) is 28.6 Å². The van der Waals surface area contributed by atoms with Crippen LogP contribution in [0.4, 0.5) is 4.39 Å². The van der Waals surface area contributed by atoms with Crippen molar-refractivity contribution in [3.8, 4) is 0 Å². The molecule has 1 aromatic carbocycles. The van der Waals surface area contributed by atoms with E-state index in [0.29, 0.717) is 6.42 Å². The molecular formula is C14H17FN2O. The molecule has 0 aliphatic rings. The zero-order valence-corrected chi connectivity index (χ0v) is 10.8. The Morgan fingerprint density at radius 1 is 1.33 bits per heavy atom. The van der Waals surface area contributed by atoms with Crippen LogP contribution in [0.2, 0.25) is 0 Å².